The molecule has 0 bridgehead atoms. The molecule has 4 nitrogen and oxygen atoms in total. The highest BCUT2D eigenvalue weighted by atomic mass is 35.5. The first-order valence-electron chi connectivity index (χ1n) is 11.7. The molecule has 0 spiro atoms. The number of pyridine rings is 1. The van der Waals surface area contributed by atoms with E-state index in [-0.39, 0.29) is 5.91 Å². The van der Waals surface area contributed by atoms with Crippen molar-refractivity contribution in [2.75, 3.05) is 6.61 Å². The Morgan fingerprint density at radius 2 is 1.68 bits per heavy atom. The van der Waals surface area contributed by atoms with Crippen LogP contribution >= 0.6 is 11.6 Å². The molecule has 170 valence electrons. The second-order valence-corrected chi connectivity index (χ2v) is 8.64. The molecule has 0 atom stereocenters. The summed E-state index contributed by atoms with van der Waals surface area (Å²) in [5, 5.41) is 3.41. The number of hydrogen-bond acceptors (Lipinski definition) is 2. The number of hydrogen-bond donors (Lipinski definition) is 1. The molecule has 2 aromatic rings. The Balaban J connectivity index is 1.62. The summed E-state index contributed by atoms with van der Waals surface area (Å²) in [6, 6.07) is 9.17. The minimum Gasteiger partial charge on any atom is -0.492 e. The Kier molecular flexibility index (Phi) is 12.1. The van der Waals surface area contributed by atoms with Crippen molar-refractivity contribution in [2.24, 2.45) is 7.05 Å². The van der Waals surface area contributed by atoms with E-state index in [1.165, 1.54) is 57.8 Å². The molecule has 0 saturated heterocycles. The average molecular weight is 446 g/mol. The molecule has 0 unspecified atom stereocenters. The van der Waals surface area contributed by atoms with Gasteiger partial charge >= 0.3 is 0 Å². The number of nitrogens with one attached hydrogen (secondary N) is 1. The molecule has 31 heavy (non-hydrogen) atoms. The van der Waals surface area contributed by atoms with Crippen LogP contribution in [-0.2, 0) is 13.6 Å². The lowest BCUT2D eigenvalue weighted by atomic mass is 10.1. The maximum absolute atomic E-state index is 12.4. The summed E-state index contributed by atoms with van der Waals surface area (Å²) < 4.78 is 7.78. The number of carbonyl (C=O) groups is 1. The van der Waals surface area contributed by atoms with E-state index in [0.717, 1.165) is 12.0 Å². The van der Waals surface area contributed by atoms with E-state index >= 15 is 0 Å². The molecule has 1 heterocycles. The van der Waals surface area contributed by atoms with Gasteiger partial charge in [0, 0.05) is 23.7 Å². The molecular formula is C26H38ClN2O2+. The summed E-state index contributed by atoms with van der Waals surface area (Å²) in [6.45, 7) is 3.39. The molecule has 0 radical (unpaired) electrons. The number of benzene rings is 1. The topological polar surface area (TPSA) is 42.2 Å². The van der Waals surface area contributed by atoms with Crippen molar-refractivity contribution < 1.29 is 14.1 Å². The predicted molar refractivity (Wildman–Crippen MR) is 128 cm³/mol. The normalized spacial score (nSPS) is 10.8. The van der Waals surface area contributed by atoms with Crippen LogP contribution in [0.25, 0.3) is 0 Å². The molecule has 0 aliphatic rings. The van der Waals surface area contributed by atoms with Crippen LogP contribution in [0.4, 0.5) is 0 Å². The number of nitrogens with zero attached hydrogens (tertiary/aromatic N) is 1. The van der Waals surface area contributed by atoms with Crippen molar-refractivity contribution in [3.05, 3.63) is 58.9 Å². The summed E-state index contributed by atoms with van der Waals surface area (Å²) in [5.74, 6) is 0.499. The zero-order valence-electron chi connectivity index (χ0n) is 19.2. The van der Waals surface area contributed by atoms with Crippen molar-refractivity contribution in [1.82, 2.24) is 5.32 Å². The van der Waals surface area contributed by atoms with E-state index in [9.17, 15) is 4.79 Å². The molecule has 1 aromatic heterocycles. The number of aryl methyl sites for hydroxylation is 1. The van der Waals surface area contributed by atoms with Crippen LogP contribution < -0.4 is 14.6 Å². The first kappa shape index (κ1) is 25.2. The zero-order chi connectivity index (χ0) is 22.3. The van der Waals surface area contributed by atoms with Gasteiger partial charge in [-0.05, 0) is 30.7 Å². The lowest BCUT2D eigenvalue weighted by Crippen LogP contribution is -2.29. The average Bonchev–Trinajstić information content (AvgIpc) is 2.76. The van der Waals surface area contributed by atoms with Crippen molar-refractivity contribution in [1.29, 1.82) is 0 Å². The maximum atomic E-state index is 12.4. The second-order valence-electron chi connectivity index (χ2n) is 8.24. The van der Waals surface area contributed by atoms with Gasteiger partial charge in [-0.2, -0.15) is 0 Å². The highest BCUT2D eigenvalue weighted by Crippen LogP contribution is 2.26. The minimum absolute atomic E-state index is 0.144. The number of ether oxygens (including phenoxy) is 1. The fourth-order valence-corrected chi connectivity index (χ4v) is 3.80. The fourth-order valence-electron chi connectivity index (χ4n) is 3.57. The molecular weight excluding hydrogens is 408 g/mol. The largest absolute Gasteiger partial charge is 0.492 e. The van der Waals surface area contributed by atoms with Gasteiger partial charge in [-0.15, -0.1) is 0 Å². The lowest BCUT2D eigenvalue weighted by Gasteiger charge is -2.10. The number of amides is 1. The first-order chi connectivity index (χ1) is 15.1. The van der Waals surface area contributed by atoms with Gasteiger partial charge in [0.05, 0.1) is 11.6 Å². The van der Waals surface area contributed by atoms with Crippen LogP contribution in [0, 0.1) is 0 Å². The van der Waals surface area contributed by atoms with Crippen LogP contribution in [0.3, 0.4) is 0 Å². The summed E-state index contributed by atoms with van der Waals surface area (Å²) >= 11 is 6.34. The first-order valence-corrected chi connectivity index (χ1v) is 12.1. The molecule has 0 aliphatic carbocycles. The van der Waals surface area contributed by atoms with Gasteiger partial charge in [0.1, 0.15) is 12.8 Å². The van der Waals surface area contributed by atoms with Crippen LogP contribution in [0.1, 0.15) is 87.1 Å². The van der Waals surface area contributed by atoms with Crippen molar-refractivity contribution in [3.8, 4) is 5.75 Å². The fraction of sp³-hybridized carbons (Fsp3) is 0.538. The number of unbranched alkanes of at least 4 members (excludes halogenated alkanes) is 9. The summed E-state index contributed by atoms with van der Waals surface area (Å²) in [7, 11) is 1.96. The van der Waals surface area contributed by atoms with E-state index in [1.54, 1.807) is 18.2 Å². The van der Waals surface area contributed by atoms with Gasteiger partial charge in [0.2, 0.25) is 0 Å². The second kappa shape index (κ2) is 14.9. The molecule has 1 amide bonds. The van der Waals surface area contributed by atoms with E-state index in [0.29, 0.717) is 29.5 Å². The van der Waals surface area contributed by atoms with E-state index in [4.69, 9.17) is 16.3 Å². The molecule has 1 N–H and O–H groups in total. The maximum Gasteiger partial charge on any atom is 0.251 e. The Bertz CT molecular complexity index is 795. The van der Waals surface area contributed by atoms with Gasteiger partial charge in [-0.25, -0.2) is 4.57 Å². The highest BCUT2D eigenvalue weighted by Gasteiger charge is 2.10. The molecule has 0 aliphatic heterocycles. The Morgan fingerprint density at radius 1 is 1.00 bits per heavy atom. The Hall–Kier alpha value is -2.07. The van der Waals surface area contributed by atoms with Gasteiger partial charge in [0.25, 0.3) is 5.91 Å². The number of carbonyl (C=O) groups excluding carboxylic acids is 1. The quantitative estimate of drug-likeness (QED) is 0.255. The molecule has 0 saturated carbocycles. The number of aromatic nitrogens is 1. The van der Waals surface area contributed by atoms with Crippen LogP contribution in [0.5, 0.6) is 5.75 Å². The highest BCUT2D eigenvalue weighted by molar-refractivity contribution is 6.32. The molecule has 1 aromatic carbocycles. The molecule has 0 fully saturated rings. The SMILES string of the molecule is CCCCCCCCCCCCOc1ccc(C(=O)NCc2ccc[n+](C)c2)cc1Cl. The van der Waals surface area contributed by atoms with Gasteiger partial charge < -0.3 is 10.1 Å². The van der Waals surface area contributed by atoms with Crippen LogP contribution in [-0.4, -0.2) is 12.5 Å². The number of halogens is 1. The standard InChI is InChI=1S/C26H37ClN2O2/c1-3-4-5-6-7-8-9-10-11-12-18-31-25-16-15-23(19-24(25)27)26(30)28-20-22-14-13-17-29(2)21-22/h13-17,19,21H,3-12,18,20H2,1-2H3/p+1. The third kappa shape index (κ3) is 10.2. The van der Waals surface area contributed by atoms with Gasteiger partial charge in [-0.1, -0.05) is 76.3 Å². The lowest BCUT2D eigenvalue weighted by molar-refractivity contribution is -0.671. The minimum atomic E-state index is -0.144. The molecule has 2 rings (SSSR count). The third-order valence-corrected chi connectivity index (χ3v) is 5.70. The Morgan fingerprint density at radius 3 is 2.32 bits per heavy atom. The monoisotopic (exact) mass is 445 g/mol. The van der Waals surface area contributed by atoms with Gasteiger partial charge in [0.15, 0.2) is 12.4 Å². The van der Waals surface area contributed by atoms with Crippen LogP contribution in [0.2, 0.25) is 5.02 Å². The van der Waals surface area contributed by atoms with Crippen LogP contribution in [0.15, 0.2) is 42.7 Å². The number of rotatable bonds is 15. The predicted octanol–water partition coefficient (Wildman–Crippen LogP) is 6.39. The third-order valence-electron chi connectivity index (χ3n) is 5.40. The summed E-state index contributed by atoms with van der Waals surface area (Å²) in [4.78, 5) is 12.4. The van der Waals surface area contributed by atoms with E-state index < -0.39 is 0 Å². The van der Waals surface area contributed by atoms with Crippen molar-refractivity contribution in [2.45, 2.75) is 77.7 Å². The molecule has 5 heteroatoms. The summed E-state index contributed by atoms with van der Waals surface area (Å²) in [5.41, 5.74) is 1.58. The van der Waals surface area contributed by atoms with Gasteiger partial charge in [-0.3, -0.25) is 4.79 Å². The van der Waals surface area contributed by atoms with Crippen molar-refractivity contribution in [3.63, 3.8) is 0 Å². The smallest absolute Gasteiger partial charge is 0.251 e. The van der Waals surface area contributed by atoms with E-state index in [1.807, 2.05) is 36.1 Å². The van der Waals surface area contributed by atoms with Crippen molar-refractivity contribution >= 4 is 17.5 Å². The van der Waals surface area contributed by atoms with E-state index in [2.05, 4.69) is 12.2 Å². The summed E-state index contributed by atoms with van der Waals surface area (Å²) in [6.07, 6.45) is 16.9. The Labute approximate surface area is 193 Å². The zero-order valence-corrected chi connectivity index (χ0v) is 19.9.